The third-order valence-corrected chi connectivity index (χ3v) is 5.27. The average Bonchev–Trinajstić information content (AvgIpc) is 2.69. The van der Waals surface area contributed by atoms with Crippen molar-refractivity contribution in [2.24, 2.45) is 5.92 Å². The normalized spacial score (nSPS) is 23.4. The summed E-state index contributed by atoms with van der Waals surface area (Å²) in [4.78, 5) is 25.7. The summed E-state index contributed by atoms with van der Waals surface area (Å²) in [5.74, 6) is -1.46. The highest BCUT2D eigenvalue weighted by atomic mass is 35.5. The van der Waals surface area contributed by atoms with Gasteiger partial charge in [-0.1, -0.05) is 11.6 Å². The number of carbonyl (C=O) groups is 2. The lowest BCUT2D eigenvalue weighted by molar-refractivity contribution is -0.143. The number of rotatable bonds is 2. The van der Waals surface area contributed by atoms with Gasteiger partial charge in [-0.3, -0.25) is 9.59 Å². The van der Waals surface area contributed by atoms with Crippen molar-refractivity contribution in [3.05, 3.63) is 20.8 Å². The number of hydrogen-bond donors (Lipinski definition) is 1. The zero-order valence-corrected chi connectivity index (χ0v) is 12.4. The van der Waals surface area contributed by atoms with E-state index in [0.29, 0.717) is 22.7 Å². The van der Waals surface area contributed by atoms with Crippen molar-refractivity contribution in [1.29, 1.82) is 0 Å². The molecule has 4 nitrogen and oxygen atoms in total. The van der Waals surface area contributed by atoms with Gasteiger partial charge >= 0.3 is 5.97 Å². The Balaban J connectivity index is 2.21. The van der Waals surface area contributed by atoms with Gasteiger partial charge < -0.3 is 10.0 Å². The number of aliphatic carboxylic acids is 1. The van der Waals surface area contributed by atoms with Crippen LogP contribution in [0.3, 0.4) is 0 Å². The van der Waals surface area contributed by atoms with Gasteiger partial charge in [0.05, 0.1) is 10.9 Å². The average molecular weight is 302 g/mol. The zero-order valence-electron chi connectivity index (χ0n) is 10.9. The van der Waals surface area contributed by atoms with Crippen LogP contribution in [-0.2, 0) is 4.79 Å². The molecule has 2 atom stereocenters. The molecule has 0 bridgehead atoms. The summed E-state index contributed by atoms with van der Waals surface area (Å²) >= 11 is 7.44. The molecule has 0 aliphatic carbocycles. The van der Waals surface area contributed by atoms with E-state index in [1.165, 1.54) is 11.3 Å². The largest absolute Gasteiger partial charge is 0.481 e. The molecule has 1 aromatic heterocycles. The molecule has 19 heavy (non-hydrogen) atoms. The van der Waals surface area contributed by atoms with Crippen molar-refractivity contribution in [3.8, 4) is 0 Å². The predicted octanol–water partition coefficient (Wildman–Crippen LogP) is 3.04. The summed E-state index contributed by atoms with van der Waals surface area (Å²) in [6.07, 6.45) is 1.34. The van der Waals surface area contributed by atoms with Gasteiger partial charge in [-0.05, 0) is 37.6 Å². The maximum absolute atomic E-state index is 12.5. The van der Waals surface area contributed by atoms with E-state index in [1.54, 1.807) is 4.90 Å². The Kier molecular flexibility index (Phi) is 4.16. The van der Waals surface area contributed by atoms with E-state index in [-0.39, 0.29) is 18.5 Å². The van der Waals surface area contributed by atoms with E-state index < -0.39 is 11.9 Å². The number of nitrogens with zero attached hydrogens (tertiary/aromatic N) is 1. The lowest BCUT2D eigenvalue weighted by atomic mass is 9.93. The SMILES string of the molecule is Cc1csc(C(=O)N2CC(C(=O)O)CCC2C)c1Cl. The molecule has 0 saturated carbocycles. The molecular weight excluding hydrogens is 286 g/mol. The van der Waals surface area contributed by atoms with Gasteiger partial charge in [0, 0.05) is 12.6 Å². The first-order chi connectivity index (χ1) is 8.91. The predicted molar refractivity (Wildman–Crippen MR) is 74.9 cm³/mol. The topological polar surface area (TPSA) is 57.6 Å². The van der Waals surface area contributed by atoms with Crippen molar-refractivity contribution in [2.45, 2.75) is 32.7 Å². The highest BCUT2D eigenvalue weighted by Crippen LogP contribution is 2.31. The minimum Gasteiger partial charge on any atom is -0.481 e. The second kappa shape index (κ2) is 5.51. The summed E-state index contributed by atoms with van der Waals surface area (Å²) in [5.41, 5.74) is 0.884. The minimum atomic E-state index is -0.835. The van der Waals surface area contributed by atoms with Crippen molar-refractivity contribution in [1.82, 2.24) is 4.90 Å². The van der Waals surface area contributed by atoms with E-state index in [1.807, 2.05) is 19.2 Å². The number of carbonyl (C=O) groups excluding carboxylic acids is 1. The number of halogens is 1. The molecule has 104 valence electrons. The number of carboxylic acid groups (broad SMARTS) is 1. The van der Waals surface area contributed by atoms with Gasteiger partial charge in [0.25, 0.3) is 5.91 Å². The van der Waals surface area contributed by atoms with Crippen LogP contribution in [0.2, 0.25) is 5.02 Å². The number of likely N-dealkylation sites (tertiary alicyclic amines) is 1. The van der Waals surface area contributed by atoms with Crippen LogP contribution in [0.5, 0.6) is 0 Å². The molecule has 1 aliphatic heterocycles. The van der Waals surface area contributed by atoms with Crippen LogP contribution in [-0.4, -0.2) is 34.5 Å². The highest BCUT2D eigenvalue weighted by molar-refractivity contribution is 7.13. The second-order valence-corrected chi connectivity index (χ2v) is 6.24. The van der Waals surface area contributed by atoms with E-state index in [4.69, 9.17) is 16.7 Å². The summed E-state index contributed by atoms with van der Waals surface area (Å²) in [6, 6.07) is 0.0570. The first kappa shape index (κ1) is 14.3. The molecule has 2 unspecified atom stereocenters. The molecule has 2 heterocycles. The Morgan fingerprint density at radius 3 is 2.68 bits per heavy atom. The van der Waals surface area contributed by atoms with Gasteiger partial charge in [0.1, 0.15) is 4.88 Å². The van der Waals surface area contributed by atoms with Crippen LogP contribution in [0.4, 0.5) is 0 Å². The maximum Gasteiger partial charge on any atom is 0.308 e. The van der Waals surface area contributed by atoms with Crippen molar-refractivity contribution in [2.75, 3.05) is 6.54 Å². The monoisotopic (exact) mass is 301 g/mol. The molecule has 1 saturated heterocycles. The van der Waals surface area contributed by atoms with Crippen molar-refractivity contribution in [3.63, 3.8) is 0 Å². The third-order valence-electron chi connectivity index (χ3n) is 3.59. The number of aryl methyl sites for hydroxylation is 1. The quantitative estimate of drug-likeness (QED) is 0.913. The van der Waals surface area contributed by atoms with Crippen molar-refractivity contribution < 1.29 is 14.7 Å². The first-order valence-corrected chi connectivity index (χ1v) is 7.45. The Bertz CT molecular complexity index is 514. The Morgan fingerprint density at radius 1 is 1.47 bits per heavy atom. The summed E-state index contributed by atoms with van der Waals surface area (Å²) in [6.45, 7) is 4.07. The highest BCUT2D eigenvalue weighted by Gasteiger charge is 2.34. The van der Waals surface area contributed by atoms with Crippen molar-refractivity contribution >= 4 is 34.8 Å². The molecular formula is C13H16ClNO3S. The Morgan fingerprint density at radius 2 is 2.16 bits per heavy atom. The van der Waals surface area contributed by atoms with Gasteiger partial charge in [0.15, 0.2) is 0 Å². The zero-order chi connectivity index (χ0) is 14.2. The summed E-state index contributed by atoms with van der Waals surface area (Å²) < 4.78 is 0. The summed E-state index contributed by atoms with van der Waals surface area (Å²) in [5, 5.41) is 11.4. The molecule has 1 aliphatic rings. The Hall–Kier alpha value is -1.07. The minimum absolute atomic E-state index is 0.0570. The lowest BCUT2D eigenvalue weighted by Gasteiger charge is -2.36. The molecule has 0 spiro atoms. The molecule has 1 aromatic rings. The van der Waals surface area contributed by atoms with E-state index in [9.17, 15) is 9.59 Å². The van der Waals surface area contributed by atoms with Gasteiger partial charge in [-0.15, -0.1) is 11.3 Å². The van der Waals surface area contributed by atoms with Crippen LogP contribution in [0, 0.1) is 12.8 Å². The summed E-state index contributed by atoms with van der Waals surface area (Å²) in [7, 11) is 0. The number of piperidine rings is 1. The maximum atomic E-state index is 12.5. The number of thiophene rings is 1. The molecule has 0 aromatic carbocycles. The standard InChI is InChI=1S/C13H16ClNO3S/c1-7-6-19-11(10(7)14)12(16)15-5-9(13(17)18)4-3-8(15)2/h6,8-9H,3-5H2,1-2H3,(H,17,18). The van der Waals surface area contributed by atoms with Crippen LogP contribution in [0.1, 0.15) is 35.0 Å². The Labute approximate surface area is 121 Å². The lowest BCUT2D eigenvalue weighted by Crippen LogP contribution is -2.47. The van der Waals surface area contributed by atoms with E-state index in [2.05, 4.69) is 0 Å². The molecule has 1 amide bonds. The third kappa shape index (κ3) is 2.77. The first-order valence-electron chi connectivity index (χ1n) is 6.19. The smallest absolute Gasteiger partial charge is 0.308 e. The molecule has 1 fully saturated rings. The van der Waals surface area contributed by atoms with E-state index in [0.717, 1.165) is 5.56 Å². The van der Waals surface area contributed by atoms with Crippen LogP contribution >= 0.6 is 22.9 Å². The fourth-order valence-corrected chi connectivity index (χ4v) is 3.52. The molecule has 1 N–H and O–H groups in total. The fourth-order valence-electron chi connectivity index (χ4n) is 2.30. The van der Waals surface area contributed by atoms with Crippen LogP contribution in [0.15, 0.2) is 5.38 Å². The van der Waals surface area contributed by atoms with Gasteiger partial charge in [-0.25, -0.2) is 0 Å². The molecule has 6 heteroatoms. The number of amides is 1. The van der Waals surface area contributed by atoms with E-state index >= 15 is 0 Å². The number of carboxylic acids is 1. The second-order valence-electron chi connectivity index (χ2n) is 4.98. The molecule has 2 rings (SSSR count). The number of hydrogen-bond acceptors (Lipinski definition) is 3. The van der Waals surface area contributed by atoms with Gasteiger partial charge in [-0.2, -0.15) is 0 Å². The fraction of sp³-hybridized carbons (Fsp3) is 0.538. The van der Waals surface area contributed by atoms with Crippen LogP contribution < -0.4 is 0 Å². The molecule has 0 radical (unpaired) electrons. The van der Waals surface area contributed by atoms with Crippen LogP contribution in [0.25, 0.3) is 0 Å². The van der Waals surface area contributed by atoms with Gasteiger partial charge in [0.2, 0.25) is 0 Å².